The summed E-state index contributed by atoms with van der Waals surface area (Å²) in [6.45, 7) is 0. The molecule has 0 bridgehead atoms. The number of anilines is 2. The van der Waals surface area contributed by atoms with Gasteiger partial charge >= 0.3 is 0 Å². The van der Waals surface area contributed by atoms with Crippen LogP contribution in [-0.4, -0.2) is 11.8 Å². The van der Waals surface area contributed by atoms with Crippen LogP contribution in [0.25, 0.3) is 0 Å². The smallest absolute Gasteiger partial charge is 0.291 e. The molecule has 2 aromatic carbocycles. The van der Waals surface area contributed by atoms with Gasteiger partial charge in [-0.3, -0.25) is 9.59 Å². The first-order chi connectivity index (χ1) is 12.0. The lowest BCUT2D eigenvalue weighted by Crippen LogP contribution is -2.14. The molecule has 0 aliphatic heterocycles. The largest absolute Gasteiger partial charge is 0.459 e. The Bertz CT molecular complexity index is 926. The Hall–Kier alpha value is -2.93. The van der Waals surface area contributed by atoms with E-state index in [0.717, 1.165) is 0 Å². The van der Waals surface area contributed by atoms with Gasteiger partial charge < -0.3 is 15.1 Å². The summed E-state index contributed by atoms with van der Waals surface area (Å²) in [5.74, 6) is -1.05. The van der Waals surface area contributed by atoms with E-state index in [1.807, 2.05) is 0 Å². The van der Waals surface area contributed by atoms with Gasteiger partial charge in [-0.05, 0) is 64.5 Å². The van der Waals surface area contributed by atoms with Gasteiger partial charge in [0.25, 0.3) is 11.8 Å². The molecule has 2 N–H and O–H groups in total. The van der Waals surface area contributed by atoms with Crippen LogP contribution in [-0.2, 0) is 0 Å². The minimum atomic E-state index is -0.439. The second kappa shape index (κ2) is 7.31. The molecule has 126 valence electrons. The SMILES string of the molecule is O=C(Nc1cccc(NC(=O)c2ccc(F)cc2Br)c1)c1ccco1. The third kappa shape index (κ3) is 4.13. The number of halogens is 2. The number of amides is 2. The zero-order valence-electron chi connectivity index (χ0n) is 12.8. The standard InChI is InChI=1S/C18H12BrFN2O3/c19-15-9-11(20)6-7-14(15)17(23)21-12-3-1-4-13(10-12)22-18(24)16-5-2-8-25-16/h1-10H,(H,21,23)(H,22,24). The van der Waals surface area contributed by atoms with Crippen LogP contribution >= 0.6 is 15.9 Å². The van der Waals surface area contributed by atoms with Gasteiger partial charge in [-0.1, -0.05) is 6.07 Å². The molecule has 0 atom stereocenters. The second-order valence-corrected chi connectivity index (χ2v) is 5.94. The van der Waals surface area contributed by atoms with Crippen LogP contribution in [0.1, 0.15) is 20.9 Å². The first-order valence-corrected chi connectivity index (χ1v) is 8.03. The minimum Gasteiger partial charge on any atom is -0.459 e. The molecule has 0 fully saturated rings. The lowest BCUT2D eigenvalue weighted by molar-refractivity contribution is 0.0995. The maximum Gasteiger partial charge on any atom is 0.291 e. The number of hydrogen-bond donors (Lipinski definition) is 2. The van der Waals surface area contributed by atoms with Crippen LogP contribution in [0.2, 0.25) is 0 Å². The molecule has 3 rings (SSSR count). The Balaban J connectivity index is 1.73. The maximum atomic E-state index is 13.1. The number of benzene rings is 2. The van der Waals surface area contributed by atoms with Crippen LogP contribution in [0, 0.1) is 5.82 Å². The third-order valence-corrected chi connectivity index (χ3v) is 3.96. The Morgan fingerprint density at radius 2 is 1.64 bits per heavy atom. The van der Waals surface area contributed by atoms with Gasteiger partial charge in [0.1, 0.15) is 5.82 Å². The van der Waals surface area contributed by atoms with E-state index in [9.17, 15) is 14.0 Å². The van der Waals surface area contributed by atoms with Crippen molar-refractivity contribution in [1.29, 1.82) is 0 Å². The normalized spacial score (nSPS) is 10.3. The Labute approximate surface area is 151 Å². The van der Waals surface area contributed by atoms with Crippen molar-refractivity contribution in [2.75, 3.05) is 10.6 Å². The second-order valence-electron chi connectivity index (χ2n) is 5.09. The number of carbonyl (C=O) groups is 2. The molecule has 0 radical (unpaired) electrons. The molecule has 3 aromatic rings. The first-order valence-electron chi connectivity index (χ1n) is 7.24. The highest BCUT2D eigenvalue weighted by molar-refractivity contribution is 9.10. The number of carbonyl (C=O) groups excluding carboxylic acids is 2. The molecule has 0 saturated heterocycles. The molecule has 1 aromatic heterocycles. The van der Waals surface area contributed by atoms with Crippen molar-refractivity contribution >= 4 is 39.1 Å². The van der Waals surface area contributed by atoms with Crippen molar-refractivity contribution in [3.63, 3.8) is 0 Å². The Morgan fingerprint density at radius 1 is 0.920 bits per heavy atom. The quantitative estimate of drug-likeness (QED) is 0.664. The van der Waals surface area contributed by atoms with Crippen LogP contribution in [0.4, 0.5) is 15.8 Å². The summed E-state index contributed by atoms with van der Waals surface area (Å²) >= 11 is 3.16. The molecule has 2 amide bonds. The van der Waals surface area contributed by atoms with Crippen LogP contribution in [0.3, 0.4) is 0 Å². The van der Waals surface area contributed by atoms with Crippen LogP contribution in [0.5, 0.6) is 0 Å². The van der Waals surface area contributed by atoms with Gasteiger partial charge in [-0.15, -0.1) is 0 Å². The fourth-order valence-electron chi connectivity index (χ4n) is 2.15. The molecule has 1 heterocycles. The van der Waals surface area contributed by atoms with E-state index in [0.29, 0.717) is 21.4 Å². The van der Waals surface area contributed by atoms with Crippen LogP contribution in [0.15, 0.2) is 69.8 Å². The van der Waals surface area contributed by atoms with Crippen molar-refractivity contribution in [2.24, 2.45) is 0 Å². The first kappa shape index (κ1) is 16.9. The summed E-state index contributed by atoms with van der Waals surface area (Å²) in [6.07, 6.45) is 1.41. The summed E-state index contributed by atoms with van der Waals surface area (Å²) in [7, 11) is 0. The van der Waals surface area contributed by atoms with Crippen molar-refractivity contribution in [2.45, 2.75) is 0 Å². The zero-order valence-corrected chi connectivity index (χ0v) is 14.3. The molecular formula is C18H12BrFN2O3. The average molecular weight is 403 g/mol. The number of rotatable bonds is 4. The predicted octanol–water partition coefficient (Wildman–Crippen LogP) is 4.69. The minimum absolute atomic E-state index is 0.185. The number of furan rings is 1. The van der Waals surface area contributed by atoms with E-state index in [2.05, 4.69) is 26.6 Å². The van der Waals surface area contributed by atoms with E-state index < -0.39 is 17.6 Å². The molecule has 0 saturated carbocycles. The lowest BCUT2D eigenvalue weighted by atomic mass is 10.2. The topological polar surface area (TPSA) is 71.3 Å². The number of nitrogens with one attached hydrogen (secondary N) is 2. The molecule has 7 heteroatoms. The van der Waals surface area contributed by atoms with E-state index >= 15 is 0 Å². The highest BCUT2D eigenvalue weighted by Gasteiger charge is 2.12. The van der Waals surface area contributed by atoms with E-state index in [4.69, 9.17) is 4.42 Å². The molecule has 25 heavy (non-hydrogen) atoms. The van der Waals surface area contributed by atoms with Gasteiger partial charge in [0.2, 0.25) is 0 Å². The fourth-order valence-corrected chi connectivity index (χ4v) is 2.68. The van der Waals surface area contributed by atoms with Crippen molar-refractivity contribution in [3.8, 4) is 0 Å². The molecular weight excluding hydrogens is 391 g/mol. The van der Waals surface area contributed by atoms with Crippen molar-refractivity contribution in [1.82, 2.24) is 0 Å². The summed E-state index contributed by atoms with van der Waals surface area (Å²) in [4.78, 5) is 24.3. The zero-order chi connectivity index (χ0) is 17.8. The molecule has 0 spiro atoms. The highest BCUT2D eigenvalue weighted by atomic mass is 79.9. The van der Waals surface area contributed by atoms with Crippen molar-refractivity contribution < 1.29 is 18.4 Å². The monoisotopic (exact) mass is 402 g/mol. The van der Waals surface area contributed by atoms with Gasteiger partial charge in [0.15, 0.2) is 5.76 Å². The van der Waals surface area contributed by atoms with E-state index in [1.54, 1.807) is 36.4 Å². The Morgan fingerprint density at radius 3 is 2.28 bits per heavy atom. The molecule has 0 unspecified atom stereocenters. The summed E-state index contributed by atoms with van der Waals surface area (Å²) in [5.41, 5.74) is 1.28. The van der Waals surface area contributed by atoms with Gasteiger partial charge in [-0.25, -0.2) is 4.39 Å². The molecule has 5 nitrogen and oxygen atoms in total. The third-order valence-electron chi connectivity index (χ3n) is 3.30. The van der Waals surface area contributed by atoms with Crippen molar-refractivity contribution in [3.05, 3.63) is 82.5 Å². The lowest BCUT2D eigenvalue weighted by Gasteiger charge is -2.09. The molecule has 0 aliphatic carbocycles. The van der Waals surface area contributed by atoms with E-state index in [1.165, 1.54) is 24.5 Å². The summed E-state index contributed by atoms with van der Waals surface area (Å²) < 4.78 is 18.5. The molecule has 0 aliphatic rings. The van der Waals surface area contributed by atoms with Gasteiger partial charge in [0, 0.05) is 15.8 Å². The maximum absolute atomic E-state index is 13.1. The van der Waals surface area contributed by atoms with Gasteiger partial charge in [0.05, 0.1) is 11.8 Å². The number of hydrogen-bond acceptors (Lipinski definition) is 3. The highest BCUT2D eigenvalue weighted by Crippen LogP contribution is 2.21. The summed E-state index contributed by atoms with van der Waals surface area (Å²) in [6, 6.07) is 13.6. The predicted molar refractivity (Wildman–Crippen MR) is 95.2 cm³/mol. The van der Waals surface area contributed by atoms with Crippen LogP contribution < -0.4 is 10.6 Å². The van der Waals surface area contributed by atoms with E-state index in [-0.39, 0.29) is 5.76 Å². The van der Waals surface area contributed by atoms with Gasteiger partial charge in [-0.2, -0.15) is 0 Å². The fraction of sp³-hybridized carbons (Fsp3) is 0. The Kier molecular flexibility index (Phi) is 4.95. The summed E-state index contributed by atoms with van der Waals surface area (Å²) in [5, 5.41) is 5.37. The average Bonchev–Trinajstić information content (AvgIpc) is 3.09.